The highest BCUT2D eigenvalue weighted by molar-refractivity contribution is 5.36. The molecule has 16 heavy (non-hydrogen) atoms. The fourth-order valence-electron chi connectivity index (χ4n) is 5.43. The van der Waals surface area contributed by atoms with Crippen LogP contribution in [0.5, 0.6) is 0 Å². The monoisotopic (exact) mass is 212 g/mol. The lowest BCUT2D eigenvalue weighted by molar-refractivity contribution is 0.148. The Bertz CT molecular complexity index is 449. The molecule has 0 radical (unpaired) electrons. The summed E-state index contributed by atoms with van der Waals surface area (Å²) in [7, 11) is 0. The lowest BCUT2D eigenvalue weighted by Gasteiger charge is -2.37. The Morgan fingerprint density at radius 1 is 1.38 bits per heavy atom. The number of hydrogen-bond acceptors (Lipinski definition) is 0. The number of hydrogen-bond donors (Lipinski definition) is 0. The molecule has 0 N–H and O–H groups in total. The summed E-state index contributed by atoms with van der Waals surface area (Å²) in [5.74, 6) is 2.80. The fraction of sp³-hybridized carbons (Fsp3) is 0.688. The van der Waals surface area contributed by atoms with Gasteiger partial charge >= 0.3 is 0 Å². The van der Waals surface area contributed by atoms with E-state index in [1.165, 1.54) is 25.7 Å². The second kappa shape index (κ2) is 2.57. The zero-order chi connectivity index (χ0) is 11.0. The molecule has 0 aliphatic heterocycles. The van der Waals surface area contributed by atoms with Crippen LogP contribution in [-0.4, -0.2) is 0 Å². The van der Waals surface area contributed by atoms with E-state index in [0.29, 0.717) is 10.8 Å². The lowest BCUT2D eigenvalue weighted by Crippen LogP contribution is -2.30. The van der Waals surface area contributed by atoms with Crippen LogP contribution in [0.4, 0.5) is 0 Å². The molecule has 4 bridgehead atoms. The molecule has 84 valence electrons. The lowest BCUT2D eigenvalue weighted by atomic mass is 9.67. The molecule has 0 nitrogen and oxygen atoms in total. The van der Waals surface area contributed by atoms with E-state index in [1.54, 1.807) is 5.57 Å². The largest absolute Gasteiger partial charge is 0.125 e. The van der Waals surface area contributed by atoms with E-state index in [2.05, 4.69) is 37.8 Å². The van der Waals surface area contributed by atoms with Gasteiger partial charge in [0.1, 0.15) is 0 Å². The molecule has 0 heterocycles. The molecule has 5 unspecified atom stereocenters. The Kier molecular flexibility index (Phi) is 1.49. The average Bonchev–Trinajstić information content (AvgIpc) is 2.92. The van der Waals surface area contributed by atoms with E-state index in [9.17, 15) is 0 Å². The van der Waals surface area contributed by atoms with Crippen LogP contribution >= 0.6 is 0 Å². The van der Waals surface area contributed by atoms with Crippen LogP contribution in [0.25, 0.3) is 0 Å². The molecule has 1 spiro atoms. The molecule has 5 atom stereocenters. The van der Waals surface area contributed by atoms with Crippen molar-refractivity contribution in [1.29, 1.82) is 0 Å². The van der Waals surface area contributed by atoms with Crippen LogP contribution in [0, 0.1) is 28.6 Å². The van der Waals surface area contributed by atoms with Crippen molar-refractivity contribution >= 4 is 0 Å². The second-order valence-electron chi connectivity index (χ2n) is 6.86. The van der Waals surface area contributed by atoms with Crippen LogP contribution in [0.3, 0.4) is 0 Å². The van der Waals surface area contributed by atoms with Crippen LogP contribution in [-0.2, 0) is 0 Å². The molecule has 2 saturated carbocycles. The Morgan fingerprint density at radius 2 is 2.25 bits per heavy atom. The summed E-state index contributed by atoms with van der Waals surface area (Å²) in [6, 6.07) is 0. The van der Waals surface area contributed by atoms with Gasteiger partial charge in [0.15, 0.2) is 0 Å². The zero-order valence-corrected chi connectivity index (χ0v) is 10.3. The molecule has 0 saturated heterocycles. The van der Waals surface area contributed by atoms with E-state index in [1.807, 2.05) is 0 Å². The number of allylic oxidation sites excluding steroid dienone is 3. The Balaban J connectivity index is 1.94. The minimum absolute atomic E-state index is 0.564. The van der Waals surface area contributed by atoms with Crippen molar-refractivity contribution in [2.24, 2.45) is 28.6 Å². The molecule has 0 heteroatoms. The third-order valence-electron chi connectivity index (χ3n) is 6.11. The van der Waals surface area contributed by atoms with Crippen molar-refractivity contribution in [3.8, 4) is 0 Å². The van der Waals surface area contributed by atoms with E-state index < -0.39 is 0 Å². The quantitative estimate of drug-likeness (QED) is 0.530. The summed E-state index contributed by atoms with van der Waals surface area (Å²) in [5.41, 5.74) is 6.22. The molecule has 2 fully saturated rings. The van der Waals surface area contributed by atoms with E-state index in [0.717, 1.165) is 17.8 Å². The molecular formula is C16H20. The maximum absolute atomic E-state index is 3.40. The van der Waals surface area contributed by atoms with Crippen LogP contribution < -0.4 is 0 Å². The van der Waals surface area contributed by atoms with E-state index >= 15 is 0 Å². The molecule has 5 aliphatic carbocycles. The number of fused-ring (bicyclic) bond motifs is 1. The van der Waals surface area contributed by atoms with Crippen molar-refractivity contribution in [2.45, 2.75) is 39.5 Å². The van der Waals surface area contributed by atoms with Crippen molar-refractivity contribution in [2.75, 3.05) is 0 Å². The SMILES string of the molecule is CC1CC2(C)CC=C=CC3=CC4CC42C1C3. The van der Waals surface area contributed by atoms with E-state index in [4.69, 9.17) is 0 Å². The highest BCUT2D eigenvalue weighted by Crippen LogP contribution is 2.79. The van der Waals surface area contributed by atoms with Gasteiger partial charge in [0, 0.05) is 0 Å². The predicted molar refractivity (Wildman–Crippen MR) is 65.9 cm³/mol. The molecule has 0 aromatic heterocycles. The van der Waals surface area contributed by atoms with Gasteiger partial charge in [-0.1, -0.05) is 19.9 Å². The van der Waals surface area contributed by atoms with Gasteiger partial charge in [0.05, 0.1) is 0 Å². The molecule has 0 aromatic carbocycles. The van der Waals surface area contributed by atoms with E-state index in [-0.39, 0.29) is 0 Å². The first-order chi connectivity index (χ1) is 7.66. The predicted octanol–water partition coefficient (Wildman–Crippen LogP) is 4.10. The molecule has 0 aromatic rings. The van der Waals surface area contributed by atoms with Crippen molar-refractivity contribution in [3.05, 3.63) is 29.5 Å². The van der Waals surface area contributed by atoms with Crippen molar-refractivity contribution in [1.82, 2.24) is 0 Å². The van der Waals surface area contributed by atoms with Crippen LogP contribution in [0.15, 0.2) is 29.5 Å². The Hall–Kier alpha value is -0.740. The Morgan fingerprint density at radius 3 is 3.12 bits per heavy atom. The standard InChI is InChI=1S/C16H20/c1-11-9-15(2)6-4-3-5-12-7-13-10-16(13,15)14(11)8-12/h4-5,7,11,13-14H,6,8-10H2,1-2H3. The minimum atomic E-state index is 0.564. The first-order valence-corrected chi connectivity index (χ1v) is 6.77. The van der Waals surface area contributed by atoms with Crippen molar-refractivity contribution in [3.63, 3.8) is 0 Å². The van der Waals surface area contributed by atoms with Crippen LogP contribution in [0.2, 0.25) is 0 Å². The zero-order valence-electron chi connectivity index (χ0n) is 10.3. The normalized spacial score (nSPS) is 56.4. The van der Waals surface area contributed by atoms with Gasteiger partial charge in [-0.3, -0.25) is 0 Å². The number of rotatable bonds is 0. The van der Waals surface area contributed by atoms with Gasteiger partial charge in [-0.05, 0) is 72.0 Å². The maximum Gasteiger partial charge on any atom is -0.0137 e. The molecule has 5 aliphatic rings. The summed E-state index contributed by atoms with van der Waals surface area (Å²) < 4.78 is 0. The van der Waals surface area contributed by atoms with Gasteiger partial charge in [-0.15, -0.1) is 5.73 Å². The summed E-state index contributed by atoms with van der Waals surface area (Å²) in [5, 5.41) is 0. The molecule has 0 amide bonds. The topological polar surface area (TPSA) is 0 Å². The average molecular weight is 212 g/mol. The molecule has 5 rings (SSSR count). The molecular weight excluding hydrogens is 192 g/mol. The highest BCUT2D eigenvalue weighted by atomic mass is 14.8. The minimum Gasteiger partial charge on any atom is -0.125 e. The van der Waals surface area contributed by atoms with Gasteiger partial charge in [0.25, 0.3) is 0 Å². The first kappa shape index (κ1) is 9.31. The van der Waals surface area contributed by atoms with Gasteiger partial charge < -0.3 is 0 Å². The maximum atomic E-state index is 3.40. The summed E-state index contributed by atoms with van der Waals surface area (Å²) in [6.45, 7) is 5.04. The summed E-state index contributed by atoms with van der Waals surface area (Å²) >= 11 is 0. The third kappa shape index (κ3) is 0.856. The highest BCUT2D eigenvalue weighted by Gasteiger charge is 2.72. The fourth-order valence-corrected chi connectivity index (χ4v) is 5.43. The van der Waals surface area contributed by atoms with Crippen molar-refractivity contribution < 1.29 is 0 Å². The second-order valence-corrected chi connectivity index (χ2v) is 6.86. The van der Waals surface area contributed by atoms with Gasteiger partial charge in [-0.2, -0.15) is 0 Å². The van der Waals surface area contributed by atoms with Crippen LogP contribution in [0.1, 0.15) is 39.5 Å². The van der Waals surface area contributed by atoms with Gasteiger partial charge in [0.2, 0.25) is 0 Å². The summed E-state index contributed by atoms with van der Waals surface area (Å²) in [6.07, 6.45) is 12.6. The Labute approximate surface area is 98.1 Å². The third-order valence-corrected chi connectivity index (χ3v) is 6.11. The first-order valence-electron chi connectivity index (χ1n) is 6.77. The van der Waals surface area contributed by atoms with Gasteiger partial charge in [-0.25, -0.2) is 0 Å². The summed E-state index contributed by atoms with van der Waals surface area (Å²) in [4.78, 5) is 0. The smallest absolute Gasteiger partial charge is 0.0137 e.